The van der Waals surface area contributed by atoms with Gasteiger partial charge in [-0.05, 0) is 48.0 Å². The van der Waals surface area contributed by atoms with Crippen molar-refractivity contribution in [1.29, 1.82) is 5.26 Å². The summed E-state index contributed by atoms with van der Waals surface area (Å²) in [4.78, 5) is 20.6. The van der Waals surface area contributed by atoms with Gasteiger partial charge >= 0.3 is 6.18 Å². The highest BCUT2D eigenvalue weighted by Gasteiger charge is 2.29. The third-order valence-corrected chi connectivity index (χ3v) is 4.76. The summed E-state index contributed by atoms with van der Waals surface area (Å²) in [6.45, 7) is 0.154. The summed E-state index contributed by atoms with van der Waals surface area (Å²) < 4.78 is 45.4. The molecule has 1 N–H and O–H groups in total. The number of ether oxygens (including phenoxy) is 1. The molecule has 2 aromatic carbocycles. The molecule has 0 aliphatic heterocycles. The first-order valence-electron chi connectivity index (χ1n) is 9.74. The number of carbonyl (C=O) groups excluding carboxylic acids is 1. The smallest absolute Gasteiger partial charge is 0.416 e. The van der Waals surface area contributed by atoms with E-state index in [1.807, 2.05) is 0 Å². The molecule has 4 rings (SSSR count). The molecule has 4 aromatic rings. The van der Waals surface area contributed by atoms with Crippen molar-refractivity contribution in [2.45, 2.75) is 19.1 Å². The number of halogens is 3. The van der Waals surface area contributed by atoms with Gasteiger partial charge in [0.15, 0.2) is 0 Å². The van der Waals surface area contributed by atoms with Crippen LogP contribution in [0.25, 0.3) is 11.0 Å². The topological polar surface area (TPSA) is 92.8 Å². The lowest BCUT2D eigenvalue weighted by molar-refractivity contribution is -0.137. The molecule has 0 spiro atoms. The molecule has 0 unspecified atom stereocenters. The number of nitrogens with zero attached hydrogens (tertiary/aromatic N) is 4. The Labute approximate surface area is 186 Å². The fourth-order valence-electron chi connectivity index (χ4n) is 3.19. The van der Waals surface area contributed by atoms with Crippen LogP contribution in [0.4, 0.5) is 18.9 Å². The molecule has 0 radical (unpaired) electrons. The minimum Gasteiger partial charge on any atom is -0.438 e. The van der Waals surface area contributed by atoms with Crippen LogP contribution in [0.3, 0.4) is 0 Å². The zero-order valence-corrected chi connectivity index (χ0v) is 17.0. The summed E-state index contributed by atoms with van der Waals surface area (Å²) in [7, 11) is 0. The average Bonchev–Trinajstić information content (AvgIpc) is 3.19. The fraction of sp³-hybridized carbons (Fsp3) is 0.130. The maximum Gasteiger partial charge on any atom is 0.416 e. The molecule has 0 bridgehead atoms. The number of nitrogens with one attached hydrogen (secondary N) is 1. The van der Waals surface area contributed by atoms with Crippen molar-refractivity contribution in [3.05, 3.63) is 78.2 Å². The van der Waals surface area contributed by atoms with Gasteiger partial charge in [0.1, 0.15) is 24.3 Å². The molecule has 2 heterocycles. The SMILES string of the molecule is N#CCn1ccc2c(Oc3ccc(NC(=O)Cc4ccc(C(F)(F)F)cc4)cc3)ncnc21. The summed E-state index contributed by atoms with van der Waals surface area (Å²) >= 11 is 0. The van der Waals surface area contributed by atoms with Crippen LogP contribution in [0.5, 0.6) is 11.6 Å². The van der Waals surface area contributed by atoms with Gasteiger partial charge in [-0.3, -0.25) is 4.79 Å². The molecule has 10 heteroatoms. The minimum absolute atomic E-state index is 0.0605. The van der Waals surface area contributed by atoms with E-state index in [-0.39, 0.29) is 18.9 Å². The Balaban J connectivity index is 1.39. The van der Waals surface area contributed by atoms with E-state index in [0.717, 1.165) is 12.1 Å². The number of nitriles is 1. The van der Waals surface area contributed by atoms with Gasteiger partial charge in [0, 0.05) is 11.9 Å². The van der Waals surface area contributed by atoms with Gasteiger partial charge < -0.3 is 14.6 Å². The van der Waals surface area contributed by atoms with Gasteiger partial charge in [0.2, 0.25) is 11.8 Å². The minimum atomic E-state index is -4.41. The number of fused-ring (bicyclic) bond motifs is 1. The average molecular weight is 451 g/mol. The Morgan fingerprint density at radius 2 is 1.79 bits per heavy atom. The van der Waals surface area contributed by atoms with E-state index < -0.39 is 11.7 Å². The van der Waals surface area contributed by atoms with Gasteiger partial charge in [-0.15, -0.1) is 0 Å². The predicted octanol–water partition coefficient (Wildman–Crippen LogP) is 4.95. The number of anilines is 1. The number of aromatic nitrogens is 3. The van der Waals surface area contributed by atoms with Crippen LogP contribution < -0.4 is 10.1 Å². The van der Waals surface area contributed by atoms with E-state index in [1.54, 1.807) is 41.1 Å². The first-order valence-corrected chi connectivity index (χ1v) is 9.74. The lowest BCUT2D eigenvalue weighted by Gasteiger charge is -2.09. The molecule has 0 saturated heterocycles. The lowest BCUT2D eigenvalue weighted by Crippen LogP contribution is -2.14. The van der Waals surface area contributed by atoms with E-state index >= 15 is 0 Å². The van der Waals surface area contributed by atoms with Crippen molar-refractivity contribution in [2.75, 3.05) is 5.32 Å². The lowest BCUT2D eigenvalue weighted by atomic mass is 10.1. The first-order chi connectivity index (χ1) is 15.8. The number of benzene rings is 2. The van der Waals surface area contributed by atoms with E-state index in [2.05, 4.69) is 21.4 Å². The first kappa shape index (κ1) is 21.8. The number of amides is 1. The van der Waals surface area contributed by atoms with E-state index in [9.17, 15) is 18.0 Å². The molecule has 0 atom stereocenters. The van der Waals surface area contributed by atoms with Crippen molar-refractivity contribution in [3.63, 3.8) is 0 Å². The van der Waals surface area contributed by atoms with E-state index in [1.165, 1.54) is 18.5 Å². The molecule has 166 valence electrons. The number of carbonyl (C=O) groups is 1. The molecule has 2 aromatic heterocycles. The summed E-state index contributed by atoms with van der Waals surface area (Å²) in [6, 6.07) is 14.9. The van der Waals surface area contributed by atoms with E-state index in [4.69, 9.17) is 10.00 Å². The zero-order chi connectivity index (χ0) is 23.4. The number of alkyl halides is 3. The van der Waals surface area contributed by atoms with Crippen molar-refractivity contribution < 1.29 is 22.7 Å². The molecule has 0 fully saturated rings. The van der Waals surface area contributed by atoms with Gasteiger partial charge in [-0.2, -0.15) is 18.4 Å². The normalized spacial score (nSPS) is 11.2. The Morgan fingerprint density at radius 3 is 2.45 bits per heavy atom. The molecular formula is C23H16F3N5O2. The quantitative estimate of drug-likeness (QED) is 0.448. The predicted molar refractivity (Wildman–Crippen MR) is 113 cm³/mol. The molecule has 0 saturated carbocycles. The Kier molecular flexibility index (Phi) is 5.95. The number of rotatable bonds is 6. The second-order valence-electron chi connectivity index (χ2n) is 7.06. The summed E-state index contributed by atoms with van der Waals surface area (Å²) in [5, 5.41) is 12.2. The molecule has 7 nitrogen and oxygen atoms in total. The van der Waals surface area contributed by atoms with Crippen LogP contribution in [0.2, 0.25) is 0 Å². The van der Waals surface area contributed by atoms with Crippen LogP contribution in [-0.4, -0.2) is 20.4 Å². The largest absolute Gasteiger partial charge is 0.438 e. The Bertz CT molecular complexity index is 1320. The molecule has 1 amide bonds. The zero-order valence-electron chi connectivity index (χ0n) is 17.0. The molecule has 0 aliphatic carbocycles. The van der Waals surface area contributed by atoms with Crippen LogP contribution in [0.15, 0.2) is 67.1 Å². The van der Waals surface area contributed by atoms with Crippen LogP contribution >= 0.6 is 0 Å². The Morgan fingerprint density at radius 1 is 1.06 bits per heavy atom. The van der Waals surface area contributed by atoms with Crippen molar-refractivity contribution in [2.24, 2.45) is 0 Å². The highest BCUT2D eigenvalue weighted by atomic mass is 19.4. The van der Waals surface area contributed by atoms with Gasteiger partial charge in [-0.25, -0.2) is 9.97 Å². The van der Waals surface area contributed by atoms with Crippen LogP contribution in [0.1, 0.15) is 11.1 Å². The number of hydrogen-bond donors (Lipinski definition) is 1. The van der Waals surface area contributed by atoms with Crippen molar-refractivity contribution in [3.8, 4) is 17.7 Å². The Hall–Kier alpha value is -4.39. The number of hydrogen-bond acceptors (Lipinski definition) is 5. The molecule has 0 aliphatic rings. The molecule has 33 heavy (non-hydrogen) atoms. The second-order valence-corrected chi connectivity index (χ2v) is 7.06. The van der Waals surface area contributed by atoms with E-state index in [0.29, 0.717) is 33.9 Å². The standard InChI is InChI=1S/C23H16F3N5O2/c24-23(25,26)16-3-1-15(2-4-16)13-20(32)30-17-5-7-18(8-6-17)33-22-19-9-11-31(12-10-27)21(19)28-14-29-22/h1-9,11,14H,12-13H2,(H,30,32). The van der Waals surface area contributed by atoms with Gasteiger partial charge in [-0.1, -0.05) is 12.1 Å². The maximum atomic E-state index is 12.6. The van der Waals surface area contributed by atoms with Gasteiger partial charge in [0.05, 0.1) is 23.4 Å². The third-order valence-electron chi connectivity index (χ3n) is 4.76. The highest BCUT2D eigenvalue weighted by Crippen LogP contribution is 2.30. The summed E-state index contributed by atoms with van der Waals surface area (Å²) in [5.41, 5.74) is 0.794. The summed E-state index contributed by atoms with van der Waals surface area (Å²) in [5.74, 6) is 0.444. The van der Waals surface area contributed by atoms with Crippen molar-refractivity contribution in [1.82, 2.24) is 14.5 Å². The van der Waals surface area contributed by atoms with Crippen molar-refractivity contribution >= 4 is 22.6 Å². The molecular weight excluding hydrogens is 435 g/mol. The maximum absolute atomic E-state index is 12.6. The highest BCUT2D eigenvalue weighted by molar-refractivity contribution is 5.92. The van der Waals surface area contributed by atoms with Crippen LogP contribution in [-0.2, 0) is 23.9 Å². The third kappa shape index (κ3) is 5.10. The monoisotopic (exact) mass is 451 g/mol. The van der Waals surface area contributed by atoms with Gasteiger partial charge in [0.25, 0.3) is 0 Å². The van der Waals surface area contributed by atoms with Crippen LogP contribution in [0, 0.1) is 11.3 Å². The fourth-order valence-corrected chi connectivity index (χ4v) is 3.19. The second kappa shape index (κ2) is 9.00. The summed E-state index contributed by atoms with van der Waals surface area (Å²) in [6.07, 6.45) is -1.40.